The molecule has 0 saturated heterocycles. The van der Waals surface area contributed by atoms with E-state index in [-0.39, 0.29) is 61.4 Å². The number of aromatic nitrogens is 5. The average Bonchev–Trinajstić information content (AvgIpc) is 4.00. The highest BCUT2D eigenvalue weighted by atomic mass is 15.2. The van der Waals surface area contributed by atoms with Crippen molar-refractivity contribution in [2.45, 2.75) is 6.90 Å². The van der Waals surface area contributed by atoms with Crippen molar-refractivity contribution < 1.29 is 24.7 Å². The molecule has 3 heterocycles. The lowest BCUT2D eigenvalue weighted by Gasteiger charge is -2.16. The van der Waals surface area contributed by atoms with Crippen molar-refractivity contribution in [2.75, 3.05) is 0 Å². The van der Waals surface area contributed by atoms with Crippen LogP contribution < -0.4 is 10.6 Å². The van der Waals surface area contributed by atoms with Gasteiger partial charge in [-0.05, 0) is 53.4 Å². The summed E-state index contributed by atoms with van der Waals surface area (Å²) >= 11 is 0. The lowest BCUT2D eigenvalue weighted by Crippen LogP contribution is -2.28. The number of fused-ring (bicyclic) bond motifs is 5. The van der Waals surface area contributed by atoms with Gasteiger partial charge in [-0.1, -0.05) is 176 Å². The monoisotopic (exact) mass is 749 g/mol. The maximum Gasteiger partial charge on any atom is 0.238 e. The van der Waals surface area contributed by atoms with E-state index in [1.165, 1.54) is 10.6 Å². The van der Waals surface area contributed by atoms with E-state index in [1.54, 1.807) is 10.6 Å². The van der Waals surface area contributed by atoms with Crippen LogP contribution in [0.25, 0.3) is 102 Å². The SMILES string of the molecule is [2H]C/C([2H])=C\C([2H])=c1/c(=C)c2c([2H])c([2H])c3c4c([2H])c([2H])cc([2H])c4n(-c4ccc(-c5ccccc5)c(-c5ccccc5)c4)c3c2n1-c1nc(-c2c([2H])c([2H])c([2H])c([2H])c2[2H])nc(-c2c([2H])c([2H])c([2H])c([2H])c2[2H])n1. The van der Waals surface area contributed by atoms with Crippen LogP contribution in [-0.4, -0.2) is 24.1 Å². The normalized spacial score (nSPS) is 16.8. The van der Waals surface area contributed by atoms with E-state index < -0.39 is 120 Å². The summed E-state index contributed by atoms with van der Waals surface area (Å²) in [6.45, 7) is 3.71. The Balaban J connectivity index is 1.50. The molecule has 0 saturated carbocycles. The van der Waals surface area contributed by atoms with Crippen molar-refractivity contribution >= 4 is 45.3 Å². The number of benzene rings is 7. The van der Waals surface area contributed by atoms with Gasteiger partial charge in [0.1, 0.15) is 0 Å². The zero-order valence-corrected chi connectivity index (χ0v) is 29.8. The Bertz CT molecular complexity index is 4120. The molecule has 0 fully saturated rings. The molecule has 0 atom stereocenters. The Kier molecular flexibility index (Phi) is 4.94. The number of hydrogen-bond acceptors (Lipinski definition) is 3. The maximum absolute atomic E-state index is 9.73. The van der Waals surface area contributed by atoms with E-state index in [2.05, 4.69) is 11.6 Å². The van der Waals surface area contributed by atoms with Crippen LogP contribution in [0.3, 0.4) is 0 Å². The number of para-hydroxylation sites is 1. The zero-order chi connectivity index (χ0) is 53.8. The molecule has 0 unspecified atom stereocenters. The first-order valence-electron chi connectivity index (χ1n) is 26.8. The Morgan fingerprint density at radius 2 is 1.21 bits per heavy atom. The summed E-state index contributed by atoms with van der Waals surface area (Å²) in [5, 5.41) is -0.686. The van der Waals surface area contributed by atoms with E-state index in [0.29, 0.717) is 11.3 Å². The molecule has 270 valence electrons. The van der Waals surface area contributed by atoms with E-state index in [0.717, 1.165) is 22.8 Å². The average molecular weight is 750 g/mol. The van der Waals surface area contributed by atoms with Crippen molar-refractivity contribution in [2.24, 2.45) is 0 Å². The van der Waals surface area contributed by atoms with E-state index in [1.807, 2.05) is 72.8 Å². The molecule has 0 N–H and O–H groups in total. The molecule has 10 rings (SSSR count). The lowest BCUT2D eigenvalue weighted by molar-refractivity contribution is 0.911. The third-order valence-electron chi connectivity index (χ3n) is 9.47. The molecule has 5 heteroatoms. The summed E-state index contributed by atoms with van der Waals surface area (Å²) in [6.07, 6.45) is 1.03. The minimum Gasteiger partial charge on any atom is -0.307 e. The molecule has 0 aliphatic heterocycles. The molecule has 3 aromatic heterocycles. The third-order valence-corrected chi connectivity index (χ3v) is 9.47. The molecule has 0 aliphatic carbocycles. The predicted molar refractivity (Wildman–Crippen MR) is 237 cm³/mol. The quantitative estimate of drug-likeness (QED) is 0.163. The van der Waals surface area contributed by atoms with Crippen molar-refractivity contribution in [3.05, 3.63) is 198 Å². The summed E-state index contributed by atoms with van der Waals surface area (Å²) in [7, 11) is 0. The second-order valence-electron chi connectivity index (χ2n) is 12.7. The molecule has 0 spiro atoms. The third kappa shape index (κ3) is 5.85. The summed E-state index contributed by atoms with van der Waals surface area (Å²) in [6, 6.07) is 15.0. The van der Waals surface area contributed by atoms with Gasteiger partial charge in [0.15, 0.2) is 11.6 Å². The van der Waals surface area contributed by atoms with Gasteiger partial charge in [0.2, 0.25) is 5.95 Å². The Morgan fingerprint density at radius 1 is 0.579 bits per heavy atom. The van der Waals surface area contributed by atoms with Gasteiger partial charge in [-0.3, -0.25) is 4.57 Å². The van der Waals surface area contributed by atoms with E-state index >= 15 is 0 Å². The molecular formula is C52H37N5. The van der Waals surface area contributed by atoms with Gasteiger partial charge < -0.3 is 4.57 Å². The summed E-state index contributed by atoms with van der Waals surface area (Å²) in [4.78, 5) is 13.8. The van der Waals surface area contributed by atoms with Gasteiger partial charge in [-0.25, -0.2) is 4.98 Å². The van der Waals surface area contributed by atoms with Gasteiger partial charge in [0.25, 0.3) is 0 Å². The van der Waals surface area contributed by atoms with Gasteiger partial charge in [-0.2, -0.15) is 9.97 Å². The van der Waals surface area contributed by atoms with E-state index in [4.69, 9.17) is 27.8 Å². The van der Waals surface area contributed by atoms with Crippen LogP contribution in [0.4, 0.5) is 0 Å². The topological polar surface area (TPSA) is 48.5 Å². The molecule has 0 radical (unpaired) electrons. The maximum atomic E-state index is 9.73. The van der Waals surface area contributed by atoms with Crippen molar-refractivity contribution in [3.63, 3.8) is 0 Å². The van der Waals surface area contributed by atoms with Crippen molar-refractivity contribution in [1.82, 2.24) is 24.1 Å². The van der Waals surface area contributed by atoms with Crippen LogP contribution in [0.1, 0.15) is 31.6 Å². The van der Waals surface area contributed by atoms with Crippen LogP contribution in [0.2, 0.25) is 0 Å². The van der Waals surface area contributed by atoms with Gasteiger partial charge in [0, 0.05) is 39.6 Å². The second kappa shape index (κ2) is 14.2. The molecule has 7 aromatic carbocycles. The van der Waals surface area contributed by atoms with Crippen LogP contribution >= 0.6 is 0 Å². The fourth-order valence-corrected chi connectivity index (χ4v) is 7.03. The summed E-state index contributed by atoms with van der Waals surface area (Å²) < 4.78 is 163. The van der Waals surface area contributed by atoms with Crippen LogP contribution in [0, 0.1) is 0 Å². The Hall–Kier alpha value is -7.63. The number of nitrogens with zero attached hydrogens (tertiary/aromatic N) is 5. The minimum atomic E-state index is -0.790. The summed E-state index contributed by atoms with van der Waals surface area (Å²) in [5.74, 6) is -1.91. The smallest absolute Gasteiger partial charge is 0.238 e. The Labute approximate surface area is 355 Å². The fourth-order valence-electron chi connectivity index (χ4n) is 7.03. The van der Waals surface area contributed by atoms with E-state index in [9.17, 15) is 6.85 Å². The van der Waals surface area contributed by atoms with Gasteiger partial charge in [-0.15, -0.1) is 0 Å². The molecule has 5 nitrogen and oxygen atoms in total. The highest BCUT2D eigenvalue weighted by Crippen LogP contribution is 2.40. The first-order chi connectivity index (χ1) is 35.7. The predicted octanol–water partition coefficient (Wildman–Crippen LogP) is 11.3. The Morgan fingerprint density at radius 3 is 1.88 bits per heavy atom. The van der Waals surface area contributed by atoms with Crippen molar-refractivity contribution in [1.29, 1.82) is 0 Å². The van der Waals surface area contributed by atoms with Crippen LogP contribution in [-0.2, 0) is 0 Å². The first kappa shape index (κ1) is 19.8. The van der Waals surface area contributed by atoms with Gasteiger partial charge >= 0.3 is 0 Å². The largest absolute Gasteiger partial charge is 0.307 e. The fraction of sp³-hybridized carbons (Fsp3) is 0.0192. The number of allylic oxidation sites excluding steroid dienone is 2. The van der Waals surface area contributed by atoms with Crippen LogP contribution in [0.15, 0.2) is 188 Å². The lowest BCUT2D eigenvalue weighted by atomic mass is 9.94. The molecule has 57 heavy (non-hydrogen) atoms. The van der Waals surface area contributed by atoms with Crippen LogP contribution in [0.5, 0.6) is 0 Å². The zero-order valence-electron chi connectivity index (χ0n) is 47.8. The number of rotatable bonds is 7. The molecule has 0 amide bonds. The molecule has 0 bridgehead atoms. The minimum absolute atomic E-state index is 0.00581. The van der Waals surface area contributed by atoms with Crippen molar-refractivity contribution in [3.8, 4) is 56.7 Å². The second-order valence-corrected chi connectivity index (χ2v) is 12.7. The highest BCUT2D eigenvalue weighted by molar-refractivity contribution is 6.18. The molecular weight excluding hydrogens is 695 g/mol. The first-order valence-corrected chi connectivity index (χ1v) is 17.6. The molecule has 10 aromatic rings. The standard InChI is InChI=1S/C52H37N5/c1-3-4-28-46-35(2)41-32-33-44-43-27-17-18-29-47(43)56(40-30-31-42(36-19-9-5-10-20-36)45(34-40)37-21-11-6-12-22-37)49(44)48(41)57(46)52-54-50(38-23-13-7-14-24-38)53-51(55-52)39-25-15-8-16-26-39/h3-34H,2H2,1H3/b4-3-,46-28+/i1D,3D,7D,8D,13D,14D,15D,16D,17D,23D,24D,25D,26D,27D,28D,29D,32D,33D. The summed E-state index contributed by atoms with van der Waals surface area (Å²) in [5.41, 5.74) is 2.25. The molecule has 0 aliphatic rings. The van der Waals surface area contributed by atoms with Gasteiger partial charge in [0.05, 0.1) is 45.2 Å². The number of hydrogen-bond donors (Lipinski definition) is 0. The highest BCUT2D eigenvalue weighted by Gasteiger charge is 2.23.